The standard InChI is InChI=1S/C11H8BrN3O/c1-15-5-13-10(11(15)12)7-2-3-8-9(4-7)16-6-14-8/h2-6H,1H3. The third kappa shape index (κ3) is 1.36. The van der Waals surface area contributed by atoms with E-state index in [1.54, 1.807) is 6.33 Å². The van der Waals surface area contributed by atoms with E-state index in [1.165, 1.54) is 6.39 Å². The monoisotopic (exact) mass is 277 g/mol. The molecule has 0 bridgehead atoms. The fraction of sp³-hybridized carbons (Fsp3) is 0.0909. The van der Waals surface area contributed by atoms with E-state index in [0.29, 0.717) is 0 Å². The van der Waals surface area contributed by atoms with Crippen LogP contribution in [0.2, 0.25) is 0 Å². The number of hydrogen-bond donors (Lipinski definition) is 0. The fourth-order valence-electron chi connectivity index (χ4n) is 1.61. The predicted molar refractivity (Wildman–Crippen MR) is 63.9 cm³/mol. The summed E-state index contributed by atoms with van der Waals surface area (Å²) in [6.07, 6.45) is 3.21. The number of benzene rings is 1. The molecule has 0 atom stereocenters. The quantitative estimate of drug-likeness (QED) is 0.687. The molecule has 16 heavy (non-hydrogen) atoms. The minimum atomic E-state index is 0.773. The second-order valence-corrected chi connectivity index (χ2v) is 4.28. The predicted octanol–water partition coefficient (Wildman–Crippen LogP) is 2.99. The Kier molecular flexibility index (Phi) is 2.07. The molecule has 5 heteroatoms. The number of hydrogen-bond acceptors (Lipinski definition) is 3. The van der Waals surface area contributed by atoms with E-state index in [9.17, 15) is 0 Å². The molecule has 0 fully saturated rings. The van der Waals surface area contributed by atoms with Crippen LogP contribution in [0, 0.1) is 0 Å². The molecule has 2 heterocycles. The molecular formula is C11H8BrN3O. The molecule has 2 aromatic heterocycles. The maximum atomic E-state index is 5.27. The van der Waals surface area contributed by atoms with E-state index in [0.717, 1.165) is 27.0 Å². The van der Waals surface area contributed by atoms with Crippen LogP contribution < -0.4 is 0 Å². The normalized spacial score (nSPS) is 11.1. The largest absolute Gasteiger partial charge is 0.443 e. The van der Waals surface area contributed by atoms with Gasteiger partial charge in [0.1, 0.15) is 15.8 Å². The Morgan fingerprint density at radius 1 is 1.31 bits per heavy atom. The van der Waals surface area contributed by atoms with E-state index in [4.69, 9.17) is 4.42 Å². The molecule has 0 aliphatic heterocycles. The smallest absolute Gasteiger partial charge is 0.181 e. The lowest BCUT2D eigenvalue weighted by molar-refractivity contribution is 0.602. The summed E-state index contributed by atoms with van der Waals surface area (Å²) >= 11 is 3.50. The van der Waals surface area contributed by atoms with E-state index >= 15 is 0 Å². The van der Waals surface area contributed by atoms with Gasteiger partial charge in [-0.25, -0.2) is 9.97 Å². The molecule has 80 valence electrons. The number of aromatic nitrogens is 3. The van der Waals surface area contributed by atoms with Crippen molar-refractivity contribution in [3.63, 3.8) is 0 Å². The van der Waals surface area contributed by atoms with Gasteiger partial charge in [-0.1, -0.05) is 6.07 Å². The minimum Gasteiger partial charge on any atom is -0.443 e. The maximum absolute atomic E-state index is 5.27. The van der Waals surface area contributed by atoms with Crippen LogP contribution in [0.1, 0.15) is 0 Å². The molecule has 0 amide bonds. The zero-order chi connectivity index (χ0) is 11.1. The van der Waals surface area contributed by atoms with E-state index in [2.05, 4.69) is 25.9 Å². The van der Waals surface area contributed by atoms with Gasteiger partial charge in [0.2, 0.25) is 0 Å². The van der Waals surface area contributed by atoms with Crippen molar-refractivity contribution in [2.75, 3.05) is 0 Å². The van der Waals surface area contributed by atoms with Gasteiger partial charge < -0.3 is 8.98 Å². The lowest BCUT2D eigenvalue weighted by Gasteiger charge is -1.98. The Labute approximate surface area is 100 Å². The number of imidazole rings is 1. The Hall–Kier alpha value is -1.62. The van der Waals surface area contributed by atoms with Crippen LogP contribution >= 0.6 is 15.9 Å². The number of halogens is 1. The SMILES string of the molecule is Cn1cnc(-c2ccc3ncoc3c2)c1Br. The van der Waals surface area contributed by atoms with Crippen molar-refractivity contribution in [2.45, 2.75) is 0 Å². The van der Waals surface area contributed by atoms with Crippen LogP contribution in [-0.4, -0.2) is 14.5 Å². The van der Waals surface area contributed by atoms with Gasteiger partial charge in [0.05, 0.1) is 6.33 Å². The number of fused-ring (bicyclic) bond motifs is 1. The number of nitrogens with zero attached hydrogens (tertiary/aromatic N) is 3. The van der Waals surface area contributed by atoms with Crippen molar-refractivity contribution in [1.82, 2.24) is 14.5 Å². The van der Waals surface area contributed by atoms with Crippen molar-refractivity contribution in [2.24, 2.45) is 7.05 Å². The number of aryl methyl sites for hydroxylation is 1. The van der Waals surface area contributed by atoms with Crippen LogP contribution in [0.5, 0.6) is 0 Å². The summed E-state index contributed by atoms with van der Waals surface area (Å²) in [4.78, 5) is 8.41. The topological polar surface area (TPSA) is 43.9 Å². The molecule has 0 unspecified atom stereocenters. The molecule has 3 aromatic rings. The minimum absolute atomic E-state index is 0.773. The average molecular weight is 278 g/mol. The molecular weight excluding hydrogens is 270 g/mol. The van der Waals surface area contributed by atoms with Gasteiger partial charge in [-0.15, -0.1) is 0 Å². The molecule has 0 saturated carbocycles. The van der Waals surface area contributed by atoms with E-state index in [-0.39, 0.29) is 0 Å². The van der Waals surface area contributed by atoms with E-state index < -0.39 is 0 Å². The third-order valence-electron chi connectivity index (χ3n) is 2.47. The van der Waals surface area contributed by atoms with Gasteiger partial charge in [0.15, 0.2) is 12.0 Å². The molecule has 0 aliphatic rings. The van der Waals surface area contributed by atoms with Gasteiger partial charge in [-0.3, -0.25) is 0 Å². The highest BCUT2D eigenvalue weighted by atomic mass is 79.9. The Bertz CT molecular complexity index is 656. The number of rotatable bonds is 1. The van der Waals surface area contributed by atoms with Crippen LogP contribution in [0.4, 0.5) is 0 Å². The highest BCUT2D eigenvalue weighted by Gasteiger charge is 2.09. The molecule has 0 N–H and O–H groups in total. The first kappa shape index (κ1) is 9.59. The first-order valence-electron chi connectivity index (χ1n) is 4.76. The van der Waals surface area contributed by atoms with Crippen LogP contribution in [0.3, 0.4) is 0 Å². The van der Waals surface area contributed by atoms with Crippen molar-refractivity contribution < 1.29 is 4.42 Å². The number of oxazole rings is 1. The fourth-order valence-corrected chi connectivity index (χ4v) is 2.03. The molecule has 0 saturated heterocycles. The van der Waals surface area contributed by atoms with Crippen LogP contribution in [-0.2, 0) is 7.05 Å². The van der Waals surface area contributed by atoms with Crippen LogP contribution in [0.25, 0.3) is 22.4 Å². The lowest BCUT2D eigenvalue weighted by Crippen LogP contribution is -1.84. The summed E-state index contributed by atoms with van der Waals surface area (Å²) in [7, 11) is 1.94. The van der Waals surface area contributed by atoms with Gasteiger partial charge >= 0.3 is 0 Å². The Balaban J connectivity index is 2.21. The molecule has 1 aromatic carbocycles. The summed E-state index contributed by atoms with van der Waals surface area (Å²) in [5.41, 5.74) is 3.54. The van der Waals surface area contributed by atoms with E-state index in [1.807, 2.05) is 29.8 Å². The maximum Gasteiger partial charge on any atom is 0.181 e. The summed E-state index contributed by atoms with van der Waals surface area (Å²) in [6.45, 7) is 0. The molecule has 3 rings (SSSR count). The molecule has 0 spiro atoms. The van der Waals surface area contributed by atoms with Crippen molar-refractivity contribution in [3.05, 3.63) is 35.5 Å². The first-order chi connectivity index (χ1) is 7.75. The second-order valence-electron chi connectivity index (χ2n) is 3.53. The Morgan fingerprint density at radius 3 is 2.94 bits per heavy atom. The summed E-state index contributed by atoms with van der Waals surface area (Å²) in [5.74, 6) is 0. The highest BCUT2D eigenvalue weighted by Crippen LogP contribution is 2.28. The van der Waals surface area contributed by atoms with Crippen molar-refractivity contribution in [3.8, 4) is 11.3 Å². The van der Waals surface area contributed by atoms with Gasteiger partial charge in [0, 0.05) is 12.6 Å². The van der Waals surface area contributed by atoms with Gasteiger partial charge in [-0.05, 0) is 28.1 Å². The van der Waals surface area contributed by atoms with Crippen LogP contribution in [0.15, 0.2) is 39.9 Å². The lowest BCUT2D eigenvalue weighted by atomic mass is 10.1. The van der Waals surface area contributed by atoms with Gasteiger partial charge in [-0.2, -0.15) is 0 Å². The Morgan fingerprint density at radius 2 is 2.19 bits per heavy atom. The average Bonchev–Trinajstić information content (AvgIpc) is 2.86. The molecule has 4 nitrogen and oxygen atoms in total. The molecule has 0 radical (unpaired) electrons. The highest BCUT2D eigenvalue weighted by molar-refractivity contribution is 9.10. The molecule has 0 aliphatic carbocycles. The summed E-state index contributed by atoms with van der Waals surface area (Å²) < 4.78 is 8.13. The second kappa shape index (κ2) is 3.45. The summed E-state index contributed by atoms with van der Waals surface area (Å²) in [6, 6.07) is 5.85. The zero-order valence-electron chi connectivity index (χ0n) is 8.51. The summed E-state index contributed by atoms with van der Waals surface area (Å²) in [5, 5.41) is 0. The van der Waals surface area contributed by atoms with Crippen molar-refractivity contribution >= 4 is 27.0 Å². The first-order valence-corrected chi connectivity index (χ1v) is 5.55. The van der Waals surface area contributed by atoms with Gasteiger partial charge in [0.25, 0.3) is 0 Å². The zero-order valence-corrected chi connectivity index (χ0v) is 10.1. The van der Waals surface area contributed by atoms with Crippen molar-refractivity contribution in [1.29, 1.82) is 0 Å². The third-order valence-corrected chi connectivity index (χ3v) is 3.40.